The topological polar surface area (TPSA) is 66.4 Å². The summed E-state index contributed by atoms with van der Waals surface area (Å²) in [6.07, 6.45) is 0.665. The zero-order valence-electron chi connectivity index (χ0n) is 12.0. The number of carboxylic acids is 1. The van der Waals surface area contributed by atoms with Crippen LogP contribution >= 0.6 is 11.6 Å². The van der Waals surface area contributed by atoms with Gasteiger partial charge in [-0.2, -0.15) is 0 Å². The van der Waals surface area contributed by atoms with Gasteiger partial charge in [-0.15, -0.1) is 0 Å². The van der Waals surface area contributed by atoms with Crippen molar-refractivity contribution in [1.82, 2.24) is 5.32 Å². The molecule has 1 atom stereocenters. The summed E-state index contributed by atoms with van der Waals surface area (Å²) in [5, 5.41) is 11.3. The third-order valence-electron chi connectivity index (χ3n) is 3.02. The van der Waals surface area contributed by atoms with Crippen molar-refractivity contribution in [2.45, 2.75) is 26.7 Å². The molecule has 0 bridgehead atoms. The fraction of sp³-hybridized carbons (Fsp3) is 0.467. The van der Waals surface area contributed by atoms with E-state index < -0.39 is 17.7 Å². The maximum atomic E-state index is 13.3. The average Bonchev–Trinajstić information content (AvgIpc) is 2.37. The van der Waals surface area contributed by atoms with Crippen LogP contribution in [0.1, 0.15) is 37.0 Å². The minimum Gasteiger partial charge on any atom is -0.481 e. The Kier molecular flexibility index (Phi) is 6.62. The van der Waals surface area contributed by atoms with Crippen molar-refractivity contribution in [3.05, 3.63) is 34.6 Å². The Labute approximate surface area is 128 Å². The van der Waals surface area contributed by atoms with Crippen molar-refractivity contribution in [2.24, 2.45) is 11.8 Å². The van der Waals surface area contributed by atoms with Crippen LogP contribution in [0.5, 0.6) is 0 Å². The molecule has 0 radical (unpaired) electrons. The highest BCUT2D eigenvalue weighted by Crippen LogP contribution is 2.20. The second-order valence-corrected chi connectivity index (χ2v) is 5.78. The zero-order chi connectivity index (χ0) is 16.0. The van der Waals surface area contributed by atoms with Crippen LogP contribution in [0.3, 0.4) is 0 Å². The molecule has 1 rings (SSSR count). The molecule has 116 valence electrons. The fourth-order valence-corrected chi connectivity index (χ4v) is 2.38. The number of carbonyl (C=O) groups is 2. The molecule has 0 spiro atoms. The first-order valence-corrected chi connectivity index (χ1v) is 7.13. The second kappa shape index (κ2) is 7.98. The minimum atomic E-state index is -0.904. The maximum absolute atomic E-state index is 13.3. The molecule has 1 aromatic carbocycles. The summed E-state index contributed by atoms with van der Waals surface area (Å²) >= 11 is 5.74. The molecule has 6 heteroatoms. The van der Waals surface area contributed by atoms with E-state index in [1.807, 2.05) is 13.8 Å². The van der Waals surface area contributed by atoms with Crippen LogP contribution in [0.4, 0.5) is 4.39 Å². The predicted molar refractivity (Wildman–Crippen MR) is 78.9 cm³/mol. The van der Waals surface area contributed by atoms with Gasteiger partial charge < -0.3 is 10.4 Å². The third kappa shape index (κ3) is 5.71. The lowest BCUT2D eigenvalue weighted by molar-refractivity contribution is -0.138. The van der Waals surface area contributed by atoms with Gasteiger partial charge >= 0.3 is 5.97 Å². The lowest BCUT2D eigenvalue weighted by Gasteiger charge is -2.18. The molecule has 2 N–H and O–H groups in total. The molecule has 0 aliphatic carbocycles. The quantitative estimate of drug-likeness (QED) is 0.811. The first kappa shape index (κ1) is 17.4. The summed E-state index contributed by atoms with van der Waals surface area (Å²) in [5.41, 5.74) is 0.0512. The first-order valence-electron chi connectivity index (χ1n) is 6.75. The normalized spacial score (nSPS) is 12.2. The van der Waals surface area contributed by atoms with Gasteiger partial charge in [0.15, 0.2) is 0 Å². The lowest BCUT2D eigenvalue weighted by Crippen LogP contribution is -2.31. The van der Waals surface area contributed by atoms with Crippen LogP contribution in [-0.4, -0.2) is 23.5 Å². The van der Waals surface area contributed by atoms with E-state index in [4.69, 9.17) is 16.7 Å². The summed E-state index contributed by atoms with van der Waals surface area (Å²) in [5.74, 6) is -1.91. The van der Waals surface area contributed by atoms with Crippen LogP contribution in [0.25, 0.3) is 0 Å². The van der Waals surface area contributed by atoms with Crippen LogP contribution in [0, 0.1) is 17.7 Å². The predicted octanol–water partition coefficient (Wildman–Crippen LogP) is 3.35. The zero-order valence-corrected chi connectivity index (χ0v) is 12.8. The van der Waals surface area contributed by atoms with E-state index >= 15 is 0 Å². The van der Waals surface area contributed by atoms with Crippen molar-refractivity contribution in [2.75, 3.05) is 6.54 Å². The van der Waals surface area contributed by atoms with Crippen LogP contribution in [-0.2, 0) is 4.79 Å². The number of aliphatic carboxylic acids is 1. The Bertz CT molecular complexity index is 520. The van der Waals surface area contributed by atoms with Gasteiger partial charge in [-0.1, -0.05) is 31.5 Å². The van der Waals surface area contributed by atoms with E-state index in [0.29, 0.717) is 12.3 Å². The Morgan fingerprint density at radius 1 is 1.38 bits per heavy atom. The van der Waals surface area contributed by atoms with Crippen molar-refractivity contribution in [3.63, 3.8) is 0 Å². The number of rotatable bonds is 7. The maximum Gasteiger partial charge on any atom is 0.303 e. The molecule has 0 aliphatic rings. The molecular formula is C15H19ClFNO3. The third-order valence-corrected chi connectivity index (χ3v) is 3.40. The largest absolute Gasteiger partial charge is 0.481 e. The van der Waals surface area contributed by atoms with Gasteiger partial charge in [0.1, 0.15) is 5.82 Å². The molecule has 0 fully saturated rings. The second-order valence-electron chi connectivity index (χ2n) is 5.40. The highest BCUT2D eigenvalue weighted by molar-refractivity contribution is 6.34. The molecule has 1 aromatic rings. The van der Waals surface area contributed by atoms with Crippen molar-refractivity contribution in [1.29, 1.82) is 0 Å². The van der Waals surface area contributed by atoms with Gasteiger partial charge in [0.05, 0.1) is 10.6 Å². The highest BCUT2D eigenvalue weighted by atomic mass is 35.5. The molecule has 1 amide bonds. The summed E-state index contributed by atoms with van der Waals surface area (Å²) in [6, 6.07) is 4.00. The highest BCUT2D eigenvalue weighted by Gasteiger charge is 2.18. The van der Waals surface area contributed by atoms with Gasteiger partial charge in [-0.25, -0.2) is 4.39 Å². The number of hydrogen-bond donors (Lipinski definition) is 2. The standard InChI is InChI=1S/C15H19ClFNO3/c1-9(2)6-10(7-13(19)20)8-18-15(21)11-4-3-5-12(17)14(11)16/h3-5,9-10H,6-8H2,1-2H3,(H,18,21)(H,19,20). The van der Waals surface area contributed by atoms with Crippen molar-refractivity contribution in [3.8, 4) is 0 Å². The Morgan fingerprint density at radius 2 is 2.05 bits per heavy atom. The molecular weight excluding hydrogens is 297 g/mol. The van der Waals surface area contributed by atoms with Crippen LogP contribution in [0.2, 0.25) is 5.02 Å². The van der Waals surface area contributed by atoms with Crippen LogP contribution < -0.4 is 5.32 Å². The van der Waals surface area contributed by atoms with E-state index in [9.17, 15) is 14.0 Å². The monoisotopic (exact) mass is 315 g/mol. The van der Waals surface area contributed by atoms with Gasteiger partial charge in [0.2, 0.25) is 0 Å². The number of carboxylic acid groups (broad SMARTS) is 1. The molecule has 0 saturated heterocycles. The average molecular weight is 316 g/mol. The molecule has 0 aromatic heterocycles. The Balaban J connectivity index is 2.68. The van der Waals surface area contributed by atoms with E-state index in [2.05, 4.69) is 5.32 Å². The molecule has 21 heavy (non-hydrogen) atoms. The number of halogens is 2. The minimum absolute atomic E-state index is 0.0185. The van der Waals surface area contributed by atoms with E-state index in [1.54, 1.807) is 0 Å². The summed E-state index contributed by atoms with van der Waals surface area (Å²) in [4.78, 5) is 22.8. The molecule has 4 nitrogen and oxygen atoms in total. The molecule has 0 aliphatic heterocycles. The van der Waals surface area contributed by atoms with Crippen molar-refractivity contribution >= 4 is 23.5 Å². The fourth-order valence-electron chi connectivity index (χ4n) is 2.16. The molecule has 0 saturated carbocycles. The first-order chi connectivity index (χ1) is 9.81. The molecule has 0 heterocycles. The van der Waals surface area contributed by atoms with Gasteiger partial charge in [-0.3, -0.25) is 9.59 Å². The smallest absolute Gasteiger partial charge is 0.303 e. The number of carbonyl (C=O) groups excluding carboxylic acids is 1. The SMILES string of the molecule is CC(C)CC(CNC(=O)c1cccc(F)c1Cl)CC(=O)O. The summed E-state index contributed by atoms with van der Waals surface area (Å²) in [6.45, 7) is 4.19. The Morgan fingerprint density at radius 3 is 2.62 bits per heavy atom. The van der Waals surface area contributed by atoms with E-state index in [0.717, 1.165) is 0 Å². The van der Waals surface area contributed by atoms with Crippen molar-refractivity contribution < 1.29 is 19.1 Å². The van der Waals surface area contributed by atoms with Gasteiger partial charge in [0.25, 0.3) is 5.91 Å². The number of hydrogen-bond acceptors (Lipinski definition) is 2. The summed E-state index contributed by atoms with van der Waals surface area (Å²) in [7, 11) is 0. The van der Waals surface area contributed by atoms with E-state index in [1.165, 1.54) is 18.2 Å². The number of benzene rings is 1. The summed E-state index contributed by atoms with van der Waals surface area (Å²) < 4.78 is 13.3. The Hall–Kier alpha value is -1.62. The van der Waals surface area contributed by atoms with Gasteiger partial charge in [0, 0.05) is 13.0 Å². The van der Waals surface area contributed by atoms with Gasteiger partial charge in [-0.05, 0) is 30.4 Å². The van der Waals surface area contributed by atoms with Crippen LogP contribution in [0.15, 0.2) is 18.2 Å². The number of amides is 1. The van der Waals surface area contributed by atoms with E-state index in [-0.39, 0.29) is 29.5 Å². The lowest BCUT2D eigenvalue weighted by atomic mass is 9.94. The number of nitrogens with one attached hydrogen (secondary N) is 1. The molecule has 1 unspecified atom stereocenters.